The van der Waals surface area contributed by atoms with Gasteiger partial charge in [0.15, 0.2) is 0 Å². The second-order valence-corrected chi connectivity index (χ2v) is 6.03. The fraction of sp³-hybridized carbons (Fsp3) is 1.00. The van der Waals surface area contributed by atoms with Crippen molar-refractivity contribution in [3.05, 3.63) is 0 Å². The van der Waals surface area contributed by atoms with Gasteiger partial charge in [0.1, 0.15) is 0 Å². The third-order valence-electron chi connectivity index (χ3n) is 6.33. The summed E-state index contributed by atoms with van der Waals surface area (Å²) < 4.78 is 0. The number of aliphatic hydroxyl groups is 1. The van der Waals surface area contributed by atoms with Gasteiger partial charge in [0, 0.05) is 0 Å². The minimum absolute atomic E-state index is 0.127. The number of hydrogen-bond donors (Lipinski definition) is 1. The summed E-state index contributed by atoms with van der Waals surface area (Å²) in [5.74, 6) is 6.56. The van der Waals surface area contributed by atoms with Crippen LogP contribution in [0.4, 0.5) is 0 Å². The van der Waals surface area contributed by atoms with Gasteiger partial charge in [-0.2, -0.15) is 0 Å². The van der Waals surface area contributed by atoms with E-state index < -0.39 is 0 Å². The molecule has 6 bridgehead atoms. The molecule has 6 aliphatic carbocycles. The fourth-order valence-corrected chi connectivity index (χ4v) is 6.55. The van der Waals surface area contributed by atoms with E-state index >= 15 is 0 Å². The van der Waals surface area contributed by atoms with Crippen molar-refractivity contribution >= 4 is 0 Å². The number of rotatable bonds is 0. The summed E-state index contributed by atoms with van der Waals surface area (Å²) in [7, 11) is 0. The summed E-state index contributed by atoms with van der Waals surface area (Å²) in [6, 6.07) is 0. The van der Waals surface area contributed by atoms with Crippen molar-refractivity contribution in [3.8, 4) is 0 Å². The highest BCUT2D eigenvalue weighted by atomic mass is 16.3. The SMILES string of the molecule is O[C@@]12C[C@H]3[C@H]4C[C@H]5[C@@H](C[C@H]1[C@H]53)[C@H]42. The Morgan fingerprint density at radius 2 is 1.83 bits per heavy atom. The predicted octanol–water partition coefficient (Wildman–Crippen LogP) is 1.27. The summed E-state index contributed by atoms with van der Waals surface area (Å²) in [4.78, 5) is 0. The van der Waals surface area contributed by atoms with Crippen LogP contribution in [0.1, 0.15) is 19.3 Å². The fourth-order valence-electron chi connectivity index (χ4n) is 6.55. The zero-order valence-corrected chi connectivity index (χ0v) is 7.11. The maximum Gasteiger partial charge on any atom is 0.0715 e. The van der Waals surface area contributed by atoms with Crippen LogP contribution >= 0.6 is 0 Å². The first kappa shape index (κ1) is 5.64. The lowest BCUT2D eigenvalue weighted by atomic mass is 9.69. The van der Waals surface area contributed by atoms with Crippen LogP contribution in [0.25, 0.3) is 0 Å². The highest BCUT2D eigenvalue weighted by molar-refractivity contribution is 5.31. The first-order valence-corrected chi connectivity index (χ1v) is 5.53. The largest absolute Gasteiger partial charge is 0.389 e. The average Bonchev–Trinajstić information content (AvgIpc) is 2.55. The van der Waals surface area contributed by atoms with Gasteiger partial charge in [-0.05, 0) is 60.7 Å². The minimum Gasteiger partial charge on any atom is -0.389 e. The van der Waals surface area contributed by atoms with Crippen LogP contribution in [0.5, 0.6) is 0 Å². The molecule has 0 aromatic heterocycles. The van der Waals surface area contributed by atoms with Gasteiger partial charge >= 0.3 is 0 Å². The Bertz CT molecular complexity index is 297. The number of hydrogen-bond acceptors (Lipinski definition) is 1. The molecule has 0 aromatic carbocycles. The van der Waals surface area contributed by atoms with E-state index in [0.717, 1.165) is 41.4 Å². The van der Waals surface area contributed by atoms with E-state index in [-0.39, 0.29) is 5.60 Å². The third-order valence-corrected chi connectivity index (χ3v) is 6.33. The van der Waals surface area contributed by atoms with E-state index in [1.54, 1.807) is 0 Å². The molecule has 0 radical (unpaired) electrons. The highest BCUT2D eigenvalue weighted by Crippen LogP contribution is 2.83. The Hall–Kier alpha value is -0.0400. The molecule has 12 heavy (non-hydrogen) atoms. The Kier molecular flexibility index (Phi) is 0.569. The Morgan fingerprint density at radius 3 is 2.67 bits per heavy atom. The van der Waals surface area contributed by atoms with Crippen LogP contribution in [0.3, 0.4) is 0 Å². The van der Waals surface area contributed by atoms with Crippen LogP contribution in [0.15, 0.2) is 0 Å². The smallest absolute Gasteiger partial charge is 0.0715 e. The maximum absolute atomic E-state index is 10.5. The van der Waals surface area contributed by atoms with E-state index in [4.69, 9.17) is 0 Å². The summed E-state index contributed by atoms with van der Waals surface area (Å²) >= 11 is 0. The Balaban J connectivity index is 1.93. The summed E-state index contributed by atoms with van der Waals surface area (Å²) in [5, 5.41) is 10.5. The molecule has 6 aliphatic rings. The zero-order chi connectivity index (χ0) is 7.66. The van der Waals surface area contributed by atoms with Crippen molar-refractivity contribution in [2.24, 2.45) is 41.4 Å². The average molecular weight is 162 g/mol. The minimum atomic E-state index is -0.127. The van der Waals surface area contributed by atoms with Crippen molar-refractivity contribution in [1.29, 1.82) is 0 Å². The molecular formula is C11H14O. The maximum atomic E-state index is 10.5. The molecule has 64 valence electrons. The van der Waals surface area contributed by atoms with E-state index in [0.29, 0.717) is 0 Å². The van der Waals surface area contributed by atoms with Crippen molar-refractivity contribution in [1.82, 2.24) is 0 Å². The third kappa shape index (κ3) is 0.285. The van der Waals surface area contributed by atoms with Crippen molar-refractivity contribution in [2.75, 3.05) is 0 Å². The quantitative estimate of drug-likeness (QED) is 0.568. The molecule has 0 aromatic rings. The monoisotopic (exact) mass is 162 g/mol. The first-order valence-electron chi connectivity index (χ1n) is 5.53. The molecule has 1 heteroatoms. The topological polar surface area (TPSA) is 20.2 Å². The van der Waals surface area contributed by atoms with Gasteiger partial charge in [-0.1, -0.05) is 0 Å². The summed E-state index contributed by atoms with van der Waals surface area (Å²) in [6.07, 6.45) is 4.11. The van der Waals surface area contributed by atoms with Gasteiger partial charge < -0.3 is 5.11 Å². The van der Waals surface area contributed by atoms with Crippen molar-refractivity contribution < 1.29 is 5.11 Å². The molecule has 0 heterocycles. The summed E-state index contributed by atoms with van der Waals surface area (Å²) in [6.45, 7) is 0. The van der Waals surface area contributed by atoms with Crippen LogP contribution in [0.2, 0.25) is 0 Å². The normalized spacial score (nSPS) is 85.2. The molecule has 0 spiro atoms. The molecule has 8 atom stereocenters. The molecule has 0 unspecified atom stereocenters. The van der Waals surface area contributed by atoms with E-state index in [1.807, 2.05) is 0 Å². The molecule has 6 fully saturated rings. The van der Waals surface area contributed by atoms with Crippen molar-refractivity contribution in [3.63, 3.8) is 0 Å². The second kappa shape index (κ2) is 1.21. The van der Waals surface area contributed by atoms with Gasteiger partial charge in [-0.15, -0.1) is 0 Å². The van der Waals surface area contributed by atoms with Crippen molar-refractivity contribution in [2.45, 2.75) is 24.9 Å². The van der Waals surface area contributed by atoms with E-state index in [1.165, 1.54) is 19.3 Å². The molecule has 6 rings (SSSR count). The molecule has 0 amide bonds. The lowest BCUT2D eigenvalue weighted by molar-refractivity contribution is -0.0539. The van der Waals surface area contributed by atoms with Crippen LogP contribution in [-0.2, 0) is 0 Å². The van der Waals surface area contributed by atoms with Crippen LogP contribution in [-0.4, -0.2) is 10.7 Å². The van der Waals surface area contributed by atoms with E-state index in [2.05, 4.69) is 0 Å². The highest BCUT2D eigenvalue weighted by Gasteiger charge is 2.82. The van der Waals surface area contributed by atoms with Gasteiger partial charge in [0.25, 0.3) is 0 Å². The molecule has 6 saturated carbocycles. The second-order valence-electron chi connectivity index (χ2n) is 6.03. The van der Waals surface area contributed by atoms with Gasteiger partial charge in [0.2, 0.25) is 0 Å². The lowest BCUT2D eigenvalue weighted by Crippen LogP contribution is -2.43. The molecular weight excluding hydrogens is 148 g/mol. The molecule has 1 nitrogen and oxygen atoms in total. The molecule has 0 saturated heterocycles. The lowest BCUT2D eigenvalue weighted by Gasteiger charge is -2.39. The van der Waals surface area contributed by atoms with Gasteiger partial charge in [0.05, 0.1) is 5.60 Å². The molecule has 1 N–H and O–H groups in total. The van der Waals surface area contributed by atoms with E-state index in [9.17, 15) is 5.11 Å². The molecule has 0 aliphatic heterocycles. The predicted molar refractivity (Wildman–Crippen MR) is 43.2 cm³/mol. The Morgan fingerprint density at radius 1 is 1.00 bits per heavy atom. The summed E-state index contributed by atoms with van der Waals surface area (Å²) in [5.41, 5.74) is -0.127. The van der Waals surface area contributed by atoms with Crippen LogP contribution < -0.4 is 0 Å². The van der Waals surface area contributed by atoms with Crippen LogP contribution in [0, 0.1) is 41.4 Å². The zero-order valence-electron chi connectivity index (χ0n) is 7.11. The van der Waals surface area contributed by atoms with Gasteiger partial charge in [-0.25, -0.2) is 0 Å². The first-order chi connectivity index (χ1) is 5.81. The Labute approximate surface area is 72.2 Å². The standard InChI is InChI=1S/C11H14O/c12-11-3-7-5-1-4-6(10(5)11)2-8(11)9(4)7/h4-10,12H,1-3H2/t4-,5+,6+,7-,8-,9+,10-,11-/m0/s1. The van der Waals surface area contributed by atoms with Gasteiger partial charge in [-0.3, -0.25) is 0 Å².